The van der Waals surface area contributed by atoms with Crippen molar-refractivity contribution in [3.05, 3.63) is 126 Å². The van der Waals surface area contributed by atoms with Crippen molar-refractivity contribution in [2.75, 3.05) is 7.05 Å². The maximum atomic E-state index is 11.2. The number of aromatic nitrogens is 3. The van der Waals surface area contributed by atoms with E-state index < -0.39 is 6.09 Å². The number of benzene rings is 1. The molecule has 0 saturated carbocycles. The molecule has 0 aliphatic carbocycles. The van der Waals surface area contributed by atoms with Gasteiger partial charge in [-0.1, -0.05) is 42.5 Å². The van der Waals surface area contributed by atoms with Crippen LogP contribution in [0, 0.1) is 0 Å². The Morgan fingerprint density at radius 2 is 1.47 bits per heavy atom. The summed E-state index contributed by atoms with van der Waals surface area (Å²) in [6.45, 7) is 0.332. The van der Waals surface area contributed by atoms with Crippen molar-refractivity contribution in [1.29, 1.82) is 0 Å². The van der Waals surface area contributed by atoms with Crippen molar-refractivity contribution in [2.24, 2.45) is 0 Å². The van der Waals surface area contributed by atoms with E-state index in [1.807, 2.05) is 61.1 Å². The lowest BCUT2D eigenvalue weighted by atomic mass is 9.76. The quantitative estimate of drug-likeness (QED) is 0.454. The fourth-order valence-corrected chi connectivity index (χ4v) is 3.96. The average molecular weight is 425 g/mol. The van der Waals surface area contributed by atoms with Crippen molar-refractivity contribution in [3.63, 3.8) is 0 Å². The molecule has 1 atom stereocenters. The van der Waals surface area contributed by atoms with E-state index >= 15 is 0 Å². The maximum absolute atomic E-state index is 11.2. The van der Waals surface area contributed by atoms with Gasteiger partial charge < -0.3 is 10.0 Å². The summed E-state index contributed by atoms with van der Waals surface area (Å²) in [7, 11) is 1.56. The van der Waals surface area contributed by atoms with Crippen molar-refractivity contribution in [3.8, 4) is 0 Å². The van der Waals surface area contributed by atoms with Crippen LogP contribution in [0.2, 0.25) is 0 Å². The molecule has 0 radical (unpaired) electrons. The second-order valence-electron chi connectivity index (χ2n) is 7.66. The van der Waals surface area contributed by atoms with Gasteiger partial charge in [0.2, 0.25) is 0 Å². The normalized spacial score (nSPS) is 11.8. The molecule has 0 aliphatic rings. The summed E-state index contributed by atoms with van der Waals surface area (Å²) < 4.78 is 0. The zero-order valence-corrected chi connectivity index (χ0v) is 17.7. The lowest BCUT2D eigenvalue weighted by Gasteiger charge is -2.28. The highest BCUT2D eigenvalue weighted by molar-refractivity contribution is 5.64. The Morgan fingerprint density at radius 1 is 0.812 bits per heavy atom. The van der Waals surface area contributed by atoms with Gasteiger partial charge >= 0.3 is 6.09 Å². The van der Waals surface area contributed by atoms with E-state index in [2.05, 4.69) is 34.2 Å². The standard InChI is InChI=1S/C26H24N4O2/c1-30(26(31)32)18-19-9-11-20(12-10-19)25(23-8-2-3-15-29-23)24(21-6-4-13-27-16-21)22-7-5-14-28-17-22/h2-17,24-25H,18H2,1H3,(H,31,32). The Balaban J connectivity index is 1.80. The second kappa shape index (κ2) is 9.83. The van der Waals surface area contributed by atoms with Gasteiger partial charge in [-0.25, -0.2) is 4.79 Å². The van der Waals surface area contributed by atoms with Crippen LogP contribution in [0.4, 0.5) is 4.79 Å². The molecule has 0 saturated heterocycles. The lowest BCUT2D eigenvalue weighted by Crippen LogP contribution is -2.23. The van der Waals surface area contributed by atoms with Crippen LogP contribution in [-0.4, -0.2) is 38.1 Å². The van der Waals surface area contributed by atoms with E-state index in [1.165, 1.54) is 4.90 Å². The molecule has 0 fully saturated rings. The summed E-state index contributed by atoms with van der Waals surface area (Å²) in [6.07, 6.45) is 8.18. The fraction of sp³-hybridized carbons (Fsp3) is 0.154. The molecule has 6 nitrogen and oxygen atoms in total. The molecule has 6 heteroatoms. The molecule has 1 amide bonds. The van der Waals surface area contributed by atoms with Crippen molar-refractivity contribution in [1.82, 2.24) is 19.9 Å². The molecule has 4 rings (SSSR count). The van der Waals surface area contributed by atoms with E-state index in [4.69, 9.17) is 10.1 Å². The molecule has 0 aliphatic heterocycles. The molecule has 3 aromatic heterocycles. The smallest absolute Gasteiger partial charge is 0.407 e. The first-order valence-corrected chi connectivity index (χ1v) is 10.4. The number of hydrogen-bond acceptors (Lipinski definition) is 4. The Bertz CT molecular complexity index is 1100. The molecule has 32 heavy (non-hydrogen) atoms. The van der Waals surface area contributed by atoms with E-state index in [9.17, 15) is 4.79 Å². The first-order chi connectivity index (χ1) is 15.6. The van der Waals surface area contributed by atoms with Gasteiger partial charge in [0.1, 0.15) is 0 Å². The van der Waals surface area contributed by atoms with Crippen LogP contribution in [0.1, 0.15) is 39.8 Å². The molecule has 1 unspecified atom stereocenters. The Morgan fingerprint density at radius 3 is 1.97 bits per heavy atom. The van der Waals surface area contributed by atoms with E-state index in [1.54, 1.807) is 19.4 Å². The van der Waals surface area contributed by atoms with Gasteiger partial charge in [-0.05, 0) is 46.5 Å². The number of rotatable bonds is 7. The zero-order valence-electron chi connectivity index (χ0n) is 17.7. The van der Waals surface area contributed by atoms with E-state index in [0.717, 1.165) is 27.9 Å². The molecule has 0 spiro atoms. The molecule has 3 heterocycles. The molecular formula is C26H24N4O2. The van der Waals surface area contributed by atoms with Crippen LogP contribution in [0.25, 0.3) is 0 Å². The van der Waals surface area contributed by atoms with Crippen LogP contribution in [0.3, 0.4) is 0 Å². The second-order valence-corrected chi connectivity index (χ2v) is 7.66. The minimum atomic E-state index is -0.950. The van der Waals surface area contributed by atoms with Crippen molar-refractivity contribution < 1.29 is 9.90 Å². The third kappa shape index (κ3) is 4.81. The summed E-state index contributed by atoms with van der Waals surface area (Å²) in [5, 5.41) is 9.17. The van der Waals surface area contributed by atoms with E-state index in [0.29, 0.717) is 6.54 Å². The highest BCUT2D eigenvalue weighted by Crippen LogP contribution is 2.41. The zero-order chi connectivity index (χ0) is 22.3. The average Bonchev–Trinajstić information content (AvgIpc) is 2.84. The van der Waals surface area contributed by atoms with Crippen LogP contribution < -0.4 is 0 Å². The minimum Gasteiger partial charge on any atom is -0.465 e. The summed E-state index contributed by atoms with van der Waals surface area (Å²) >= 11 is 0. The van der Waals surface area contributed by atoms with Gasteiger partial charge in [-0.15, -0.1) is 0 Å². The first-order valence-electron chi connectivity index (χ1n) is 10.4. The van der Waals surface area contributed by atoms with Crippen molar-refractivity contribution in [2.45, 2.75) is 18.4 Å². The summed E-state index contributed by atoms with van der Waals surface area (Å²) in [5.74, 6) is -0.115. The maximum Gasteiger partial charge on any atom is 0.407 e. The monoisotopic (exact) mass is 424 g/mol. The Hall–Kier alpha value is -4.06. The SMILES string of the molecule is CN(Cc1ccc(C(c2ccccn2)C(c2cccnc2)c2cccnc2)cc1)C(=O)O. The van der Waals surface area contributed by atoms with E-state index in [-0.39, 0.29) is 11.8 Å². The number of nitrogens with zero attached hydrogens (tertiary/aromatic N) is 4. The highest BCUT2D eigenvalue weighted by Gasteiger charge is 2.29. The largest absolute Gasteiger partial charge is 0.465 e. The number of pyridine rings is 3. The predicted molar refractivity (Wildman–Crippen MR) is 122 cm³/mol. The first kappa shape index (κ1) is 21.2. The van der Waals surface area contributed by atoms with Crippen LogP contribution in [0.5, 0.6) is 0 Å². The molecule has 160 valence electrons. The summed E-state index contributed by atoms with van der Waals surface area (Å²) in [4.78, 5) is 25.9. The van der Waals surface area contributed by atoms with Crippen LogP contribution in [0.15, 0.2) is 97.7 Å². The van der Waals surface area contributed by atoms with Gasteiger partial charge in [0.15, 0.2) is 0 Å². The Kier molecular flexibility index (Phi) is 6.51. The van der Waals surface area contributed by atoms with Gasteiger partial charge in [0, 0.05) is 62.1 Å². The third-order valence-electron chi connectivity index (χ3n) is 5.51. The molecule has 1 N–H and O–H groups in total. The lowest BCUT2D eigenvalue weighted by molar-refractivity contribution is 0.154. The van der Waals surface area contributed by atoms with Crippen molar-refractivity contribution >= 4 is 6.09 Å². The van der Waals surface area contributed by atoms with Gasteiger partial charge in [0.05, 0.1) is 0 Å². The number of carbonyl (C=O) groups is 1. The Labute approximate surface area is 187 Å². The predicted octanol–water partition coefficient (Wildman–Crippen LogP) is 4.95. The number of hydrogen-bond donors (Lipinski definition) is 1. The summed E-state index contributed by atoms with van der Waals surface area (Å²) in [5.41, 5.74) is 5.11. The summed E-state index contributed by atoms with van der Waals surface area (Å²) in [6, 6.07) is 22.1. The molecule has 4 aromatic rings. The van der Waals surface area contributed by atoms with Gasteiger partial charge in [-0.2, -0.15) is 0 Å². The third-order valence-corrected chi connectivity index (χ3v) is 5.51. The molecular weight excluding hydrogens is 400 g/mol. The van der Waals surface area contributed by atoms with Crippen LogP contribution in [-0.2, 0) is 6.54 Å². The minimum absolute atomic E-state index is 0.0418. The highest BCUT2D eigenvalue weighted by atomic mass is 16.4. The fourth-order valence-electron chi connectivity index (χ4n) is 3.96. The molecule has 0 bridgehead atoms. The number of amides is 1. The van der Waals surface area contributed by atoms with Crippen LogP contribution >= 0.6 is 0 Å². The molecule has 1 aromatic carbocycles. The topological polar surface area (TPSA) is 79.2 Å². The van der Waals surface area contributed by atoms with Gasteiger partial charge in [0.25, 0.3) is 0 Å². The number of carboxylic acid groups (broad SMARTS) is 1. The van der Waals surface area contributed by atoms with Gasteiger partial charge in [-0.3, -0.25) is 15.0 Å².